The number of nitrogens with two attached hydrogens (primary N) is 1. The van der Waals surface area contributed by atoms with Crippen LogP contribution in [0.2, 0.25) is 0 Å². The minimum atomic E-state index is -4.22. The number of aliphatic carboxylic acids is 1. The van der Waals surface area contributed by atoms with E-state index in [1.54, 1.807) is 31.2 Å². The standard InChI is InChI=1S/C15H17F2NO4.C15H14O3.C12H15F2NO3.C12H14F2O4.C12H16O3.C7H8.C4H9Br.C4H8O.C2HClF2O2.C2H6O.CH4O.Na/c1-9(2)7-20-13-5-10(3-4-12(13)22-15(16)17)14-18-11(6-19)8-21-14;1-11(16)13-7-8-15(14(17)9-13)18-10-12-5-3-2-4-6-12;2*1-7(2)6-17-10-5-8(11(15)16)3-4-9(10)18-12(13)14;1-8(2)7-15-12-6-10(9(3)13)4-5-11(12)14;1-7-5-3-2-4-6-7;1-4(2)3-5;1-2-4-5-3-1;3-2(4,5)1(6)7;1-2-3;1-2;/h3-5,8-9,15,19H,6-7H2,1-2H3;2-9,17H,10H2,1H3;3-5,7,12H,6H2,1-2H3,(H2,15,16);3-5,7,12H,6H2,1-2H3,(H,15,16);4-6,8,14H,7H2,1-3H3;2-6H,1H3;4H,3H2,1-2H3;1-4H2;(H,6,7);3H,2H2,1H3;2H,1H3;/q;;;;;;;;;;;+1/p-1. The molecule has 24 nitrogen and oxygen atoms in total. The fourth-order valence-corrected chi connectivity index (χ4v) is 7.89. The fourth-order valence-electron chi connectivity index (χ4n) is 7.89. The van der Waals surface area contributed by atoms with E-state index in [-0.39, 0.29) is 142 Å². The second-order valence-corrected chi connectivity index (χ2v) is 27.9. The third kappa shape index (κ3) is 56.0. The van der Waals surface area contributed by atoms with Gasteiger partial charge in [-0.1, -0.05) is 151 Å². The number of ether oxygens (including phenoxy) is 9. The molecule has 2 heterocycles. The molecule has 0 atom stereocenters. The molecule has 35 heteroatoms. The number of halogens is 10. The number of carbonyl (C=O) groups excluding carboxylic acids is 4. The number of oxazole rings is 1. The summed E-state index contributed by atoms with van der Waals surface area (Å²) in [4.78, 5) is 57.1. The molecule has 1 fully saturated rings. The van der Waals surface area contributed by atoms with Crippen molar-refractivity contribution in [2.24, 2.45) is 35.3 Å². The van der Waals surface area contributed by atoms with Crippen LogP contribution in [0.15, 0.2) is 162 Å². The second-order valence-electron chi connectivity index (χ2n) is 26.8. The molecule has 0 aliphatic carbocycles. The first-order chi connectivity index (χ1) is 56.5. The number of rotatable bonds is 29. The number of benzene rings is 7. The van der Waals surface area contributed by atoms with Crippen molar-refractivity contribution in [1.82, 2.24) is 4.98 Å². The first kappa shape index (κ1) is 116. The number of hydrogen-bond donors (Lipinski definition) is 7. The Bertz CT molecular complexity index is 4060. The number of carbonyl (C=O) groups is 5. The van der Waals surface area contributed by atoms with Crippen molar-refractivity contribution in [3.63, 3.8) is 0 Å². The van der Waals surface area contributed by atoms with Gasteiger partial charge in [0.05, 0.1) is 38.6 Å². The number of primary amides is 1. The Hall–Kier alpha value is -9.45. The Kier molecular flexibility index (Phi) is 63.3. The first-order valence-electron chi connectivity index (χ1n) is 37.2. The molecule has 1 saturated heterocycles. The summed E-state index contributed by atoms with van der Waals surface area (Å²) >= 11 is 7.19. The number of aliphatic hydroxyl groups excluding tert-OH is 3. The topological polar surface area (TPSA) is 365 Å². The number of aromatic hydroxyl groups is 2. The normalized spacial score (nSPS) is 10.8. The number of hydrogen-bond acceptors (Lipinski definition) is 22. The Morgan fingerprint density at radius 3 is 1.24 bits per heavy atom. The Morgan fingerprint density at radius 2 is 0.901 bits per heavy atom. The van der Waals surface area contributed by atoms with Crippen molar-refractivity contribution in [3.8, 4) is 68.9 Å². The summed E-state index contributed by atoms with van der Waals surface area (Å²) in [5, 5.41) is 57.5. The average molecular weight is 1820 g/mol. The third-order valence-corrected chi connectivity index (χ3v) is 15.0. The summed E-state index contributed by atoms with van der Waals surface area (Å²) in [6, 6.07) is 41.0. The third-order valence-electron chi connectivity index (χ3n) is 13.5. The molecule has 1 aliphatic rings. The van der Waals surface area contributed by atoms with Gasteiger partial charge in [0.2, 0.25) is 11.8 Å². The van der Waals surface area contributed by atoms with E-state index in [4.69, 9.17) is 68.9 Å². The maximum atomic E-state index is 12.4. The van der Waals surface area contributed by atoms with Gasteiger partial charge in [0.25, 0.3) is 0 Å². The molecule has 1 aromatic heterocycles. The largest absolute Gasteiger partial charge is 1.00 e. The van der Waals surface area contributed by atoms with E-state index >= 15 is 0 Å². The number of phenols is 2. The minimum Gasteiger partial charge on any atom is -0.543 e. The van der Waals surface area contributed by atoms with Crippen LogP contribution in [0.5, 0.6) is 57.5 Å². The first-order valence-corrected chi connectivity index (χ1v) is 38.7. The molecular formula is C86H111BrClF8N2NaO22. The average Bonchev–Trinajstić information content (AvgIpc) is 1.78. The van der Waals surface area contributed by atoms with E-state index in [2.05, 4.69) is 79.6 Å². The van der Waals surface area contributed by atoms with Gasteiger partial charge < -0.3 is 93.3 Å². The predicted molar refractivity (Wildman–Crippen MR) is 441 cm³/mol. The molecular weight excluding hydrogens is 1700 g/mol. The van der Waals surface area contributed by atoms with Gasteiger partial charge in [0.1, 0.15) is 24.5 Å². The Balaban J connectivity index is -0.00000133. The summed E-state index contributed by atoms with van der Waals surface area (Å²) in [7, 11) is 1.00. The summed E-state index contributed by atoms with van der Waals surface area (Å²) < 4.78 is 146. The summed E-state index contributed by atoms with van der Waals surface area (Å²) in [5.74, 6) is -1.70. The number of alkyl halides is 10. The number of nitrogens with zero attached hydrogens (tertiary/aromatic N) is 1. The second kappa shape index (κ2) is 66.2. The number of ketones is 2. The van der Waals surface area contributed by atoms with E-state index in [1.807, 2.05) is 104 Å². The number of aliphatic hydroxyl groups is 3. The van der Waals surface area contributed by atoms with Crippen LogP contribution in [-0.2, 0) is 22.7 Å². The molecule has 1 amide bonds. The van der Waals surface area contributed by atoms with E-state index < -0.39 is 43.1 Å². The van der Waals surface area contributed by atoms with Crippen molar-refractivity contribution < 1.29 is 171 Å². The Morgan fingerprint density at radius 1 is 0.537 bits per heavy atom. The molecule has 0 saturated carbocycles. The molecule has 9 rings (SSSR count). The molecule has 8 aromatic rings. The fraction of sp³-hybridized carbons (Fsp3) is 0.419. The van der Waals surface area contributed by atoms with Gasteiger partial charge in [-0.15, -0.1) is 0 Å². The van der Waals surface area contributed by atoms with Gasteiger partial charge in [-0.3, -0.25) is 14.4 Å². The smallest absolute Gasteiger partial charge is 0.543 e. The van der Waals surface area contributed by atoms with Crippen LogP contribution < -0.4 is 78.3 Å². The van der Waals surface area contributed by atoms with Crippen LogP contribution in [0.3, 0.4) is 0 Å². The molecule has 121 heavy (non-hydrogen) atoms. The number of carboxylic acid groups (broad SMARTS) is 2. The number of carboxylic acids is 2. The van der Waals surface area contributed by atoms with Gasteiger partial charge in [-0.2, -0.15) is 35.1 Å². The molecule has 1 aliphatic heterocycles. The Labute approximate surface area is 736 Å². The number of amides is 1. The number of aromatic carboxylic acids is 1. The van der Waals surface area contributed by atoms with Crippen molar-refractivity contribution in [2.75, 3.05) is 58.7 Å². The van der Waals surface area contributed by atoms with Crippen molar-refractivity contribution in [2.45, 2.75) is 148 Å². The summed E-state index contributed by atoms with van der Waals surface area (Å²) in [6.07, 6.45) is 3.88. The molecule has 7 aromatic carbocycles. The van der Waals surface area contributed by atoms with E-state index in [1.165, 1.54) is 99.2 Å². The van der Waals surface area contributed by atoms with Crippen LogP contribution in [-0.4, -0.2) is 149 Å². The monoisotopic (exact) mass is 1810 g/mol. The van der Waals surface area contributed by atoms with Crippen LogP contribution in [0.4, 0.5) is 35.1 Å². The zero-order chi connectivity index (χ0) is 91.6. The molecule has 0 spiro atoms. The molecule has 0 bridgehead atoms. The van der Waals surface area contributed by atoms with Crippen molar-refractivity contribution in [1.29, 1.82) is 0 Å². The minimum absolute atomic E-state index is 0. The SMILES string of the molecule is C1CCOC1.CC(=O)c1ccc(O)c(OCC(C)C)c1.CC(=O)c1ccc(OCc2ccccc2)c(O)c1.CC(C)CBr.CC(C)COc1cc(-c2nc(CO)co2)ccc1OC(F)F.CC(C)COc1cc(C(=O)O)ccc1OC(F)F.CC(C)COc1cc(C(N)=O)ccc1OC(F)F.CCO.CO.Cc1ccccc1.O=C([O-])C(F)(F)Cl.[Na+]. The van der Waals surface area contributed by atoms with E-state index in [9.17, 15) is 64.5 Å². The number of Topliss-reactive ketones (excluding diaryl/α,β-unsaturated/α-hetero) is 2. The number of phenolic OH excluding ortho intramolecular Hbond substituents is 2. The maximum Gasteiger partial charge on any atom is 1.00 e. The van der Waals surface area contributed by atoms with E-state index in [0.29, 0.717) is 66.2 Å². The number of aryl methyl sites for hydroxylation is 1. The summed E-state index contributed by atoms with van der Waals surface area (Å²) in [6.45, 7) is 21.6. The van der Waals surface area contributed by atoms with Gasteiger partial charge in [0, 0.05) is 54.5 Å². The van der Waals surface area contributed by atoms with Crippen molar-refractivity contribution in [3.05, 3.63) is 197 Å². The zero-order valence-electron chi connectivity index (χ0n) is 70.6. The van der Waals surface area contributed by atoms with Crippen LogP contribution in [0, 0.1) is 36.5 Å². The maximum absolute atomic E-state index is 12.4. The summed E-state index contributed by atoms with van der Waals surface area (Å²) in [5.41, 5.74) is 9.52. The quantitative estimate of drug-likeness (QED) is 0.00991. The molecule has 668 valence electrons. The van der Waals surface area contributed by atoms with Gasteiger partial charge in [-0.05, 0) is 178 Å². The molecule has 8 N–H and O–H groups in total. The van der Waals surface area contributed by atoms with Gasteiger partial charge >= 0.3 is 60.7 Å². The molecule has 0 radical (unpaired) electrons. The van der Waals surface area contributed by atoms with Crippen LogP contribution in [0.25, 0.3) is 11.5 Å². The van der Waals surface area contributed by atoms with Gasteiger partial charge in [0.15, 0.2) is 69.1 Å². The molecule has 0 unspecified atom stereocenters. The zero-order valence-corrected chi connectivity index (χ0v) is 75.0. The van der Waals surface area contributed by atoms with Gasteiger partial charge in [-0.25, -0.2) is 9.78 Å². The number of aromatic nitrogens is 1. The predicted octanol–water partition coefficient (Wildman–Crippen LogP) is 15.7. The van der Waals surface area contributed by atoms with E-state index in [0.717, 1.165) is 43.2 Å². The van der Waals surface area contributed by atoms with Crippen LogP contribution in [0.1, 0.15) is 161 Å². The van der Waals surface area contributed by atoms with Crippen LogP contribution >= 0.6 is 27.5 Å². The van der Waals surface area contributed by atoms with Crippen molar-refractivity contribution >= 4 is 56.9 Å².